The van der Waals surface area contributed by atoms with Crippen LogP contribution in [0.25, 0.3) is 11.0 Å². The Hall–Kier alpha value is -2.56. The van der Waals surface area contributed by atoms with Gasteiger partial charge in [-0.25, -0.2) is 4.98 Å². The molecule has 2 N–H and O–H groups in total. The monoisotopic (exact) mass is 338 g/mol. The highest BCUT2D eigenvalue weighted by molar-refractivity contribution is 5.95. The van der Waals surface area contributed by atoms with Crippen LogP contribution in [0.4, 0.5) is 5.69 Å². The number of carbonyl (C=O) groups excluding carboxylic acids is 1. The quantitative estimate of drug-likeness (QED) is 0.700. The van der Waals surface area contributed by atoms with Crippen molar-refractivity contribution >= 4 is 22.6 Å². The van der Waals surface area contributed by atoms with Gasteiger partial charge < -0.3 is 14.9 Å². The molecule has 1 aromatic carbocycles. The molecule has 25 heavy (non-hydrogen) atoms. The van der Waals surface area contributed by atoms with Crippen molar-refractivity contribution in [3.05, 3.63) is 48.5 Å². The Kier molecular flexibility index (Phi) is 4.93. The number of carbonyl (C=O) groups is 1. The van der Waals surface area contributed by atoms with Gasteiger partial charge in [0.05, 0.1) is 11.0 Å². The standard InChI is InChI=1S/C20H26N4O/c1-13(2)11-18-22-16-8-7-15(12-17(16)23-18)21-20(25)19(14(3)4)24-9-5-6-10-24/h5-10,12-14,19H,11H2,1-4H3,(H,21,25)(H,22,23)/t19-/m0/s1. The first-order chi connectivity index (χ1) is 11.9. The largest absolute Gasteiger partial charge is 0.342 e. The lowest BCUT2D eigenvalue weighted by Gasteiger charge is -2.22. The van der Waals surface area contributed by atoms with Crippen LogP contribution in [0.1, 0.15) is 39.6 Å². The number of hydrogen-bond acceptors (Lipinski definition) is 2. The lowest BCUT2D eigenvalue weighted by atomic mass is 10.0. The molecule has 5 nitrogen and oxygen atoms in total. The normalized spacial score (nSPS) is 12.9. The molecule has 0 spiro atoms. The van der Waals surface area contributed by atoms with Gasteiger partial charge in [0.25, 0.3) is 0 Å². The van der Waals surface area contributed by atoms with Crippen molar-refractivity contribution in [1.29, 1.82) is 0 Å². The molecule has 0 unspecified atom stereocenters. The number of aromatic nitrogens is 3. The summed E-state index contributed by atoms with van der Waals surface area (Å²) in [6.45, 7) is 8.46. The van der Waals surface area contributed by atoms with E-state index in [1.165, 1.54) is 0 Å². The topological polar surface area (TPSA) is 62.7 Å². The van der Waals surface area contributed by atoms with Gasteiger partial charge in [-0.3, -0.25) is 4.79 Å². The maximum atomic E-state index is 12.8. The Bertz CT molecular complexity index is 846. The Morgan fingerprint density at radius 1 is 1.20 bits per heavy atom. The number of aromatic amines is 1. The second-order valence-corrected chi connectivity index (χ2v) is 7.32. The van der Waals surface area contributed by atoms with E-state index in [1.807, 2.05) is 47.3 Å². The molecule has 1 amide bonds. The first-order valence-electron chi connectivity index (χ1n) is 8.86. The molecular weight excluding hydrogens is 312 g/mol. The zero-order valence-electron chi connectivity index (χ0n) is 15.3. The van der Waals surface area contributed by atoms with Gasteiger partial charge in [0.2, 0.25) is 5.91 Å². The van der Waals surface area contributed by atoms with E-state index in [1.54, 1.807) is 0 Å². The third kappa shape index (κ3) is 3.92. The number of nitrogens with zero attached hydrogens (tertiary/aromatic N) is 2. The number of rotatable bonds is 6. The predicted octanol–water partition coefficient (Wildman–Crippen LogP) is 4.40. The van der Waals surface area contributed by atoms with E-state index >= 15 is 0 Å². The van der Waals surface area contributed by atoms with Crippen LogP contribution in [0, 0.1) is 11.8 Å². The molecule has 2 aromatic heterocycles. The number of amides is 1. The molecule has 0 aliphatic carbocycles. The second kappa shape index (κ2) is 7.13. The Balaban J connectivity index is 1.80. The summed E-state index contributed by atoms with van der Waals surface area (Å²) in [4.78, 5) is 20.7. The predicted molar refractivity (Wildman–Crippen MR) is 102 cm³/mol. The minimum Gasteiger partial charge on any atom is -0.342 e. The van der Waals surface area contributed by atoms with Crippen LogP contribution in [0.3, 0.4) is 0 Å². The maximum Gasteiger partial charge on any atom is 0.247 e. The van der Waals surface area contributed by atoms with Crippen molar-refractivity contribution < 1.29 is 4.79 Å². The highest BCUT2D eigenvalue weighted by Gasteiger charge is 2.23. The third-order valence-corrected chi connectivity index (χ3v) is 4.25. The molecule has 5 heteroatoms. The molecule has 0 saturated heterocycles. The zero-order valence-corrected chi connectivity index (χ0v) is 15.3. The van der Waals surface area contributed by atoms with Crippen molar-refractivity contribution in [2.24, 2.45) is 11.8 Å². The lowest BCUT2D eigenvalue weighted by Crippen LogP contribution is -2.29. The van der Waals surface area contributed by atoms with Crippen LogP contribution in [-0.4, -0.2) is 20.4 Å². The van der Waals surface area contributed by atoms with Gasteiger partial charge in [0, 0.05) is 24.5 Å². The van der Waals surface area contributed by atoms with Crippen LogP contribution >= 0.6 is 0 Å². The minimum atomic E-state index is -0.232. The number of fused-ring (bicyclic) bond motifs is 1. The molecule has 1 atom stereocenters. The van der Waals surface area contributed by atoms with E-state index in [4.69, 9.17) is 0 Å². The summed E-state index contributed by atoms with van der Waals surface area (Å²) < 4.78 is 1.95. The van der Waals surface area contributed by atoms with E-state index in [0.29, 0.717) is 5.92 Å². The average Bonchev–Trinajstić information content (AvgIpc) is 3.15. The van der Waals surface area contributed by atoms with Crippen molar-refractivity contribution in [3.63, 3.8) is 0 Å². The van der Waals surface area contributed by atoms with Crippen molar-refractivity contribution in [2.75, 3.05) is 5.32 Å². The molecule has 0 bridgehead atoms. The number of H-pyrrole nitrogens is 1. The molecule has 0 aliphatic rings. The van der Waals surface area contributed by atoms with Crippen molar-refractivity contribution in [3.8, 4) is 0 Å². The SMILES string of the molecule is CC(C)Cc1nc2ccc(NC(=O)[C@H](C(C)C)n3cccc3)cc2[nH]1. The molecule has 2 heterocycles. The summed E-state index contributed by atoms with van der Waals surface area (Å²) >= 11 is 0. The molecular formula is C20H26N4O. The summed E-state index contributed by atoms with van der Waals surface area (Å²) in [6.07, 6.45) is 4.78. The van der Waals surface area contributed by atoms with Gasteiger partial charge in [-0.15, -0.1) is 0 Å². The van der Waals surface area contributed by atoms with Gasteiger partial charge in [-0.05, 0) is 42.2 Å². The molecule has 3 rings (SSSR count). The minimum absolute atomic E-state index is 0.00697. The molecule has 0 saturated carbocycles. The van der Waals surface area contributed by atoms with E-state index in [0.717, 1.165) is 29.0 Å². The van der Waals surface area contributed by atoms with Gasteiger partial charge in [0.1, 0.15) is 11.9 Å². The summed E-state index contributed by atoms with van der Waals surface area (Å²) in [5.41, 5.74) is 2.67. The highest BCUT2D eigenvalue weighted by atomic mass is 16.2. The van der Waals surface area contributed by atoms with E-state index < -0.39 is 0 Å². The summed E-state index contributed by atoms with van der Waals surface area (Å²) in [6, 6.07) is 9.46. The zero-order chi connectivity index (χ0) is 18.0. The number of hydrogen-bond donors (Lipinski definition) is 2. The summed E-state index contributed by atoms with van der Waals surface area (Å²) in [5, 5.41) is 3.05. The Labute approximate surface area is 148 Å². The van der Waals surface area contributed by atoms with Crippen LogP contribution < -0.4 is 5.32 Å². The lowest BCUT2D eigenvalue weighted by molar-refractivity contribution is -0.120. The van der Waals surface area contributed by atoms with Gasteiger partial charge in [-0.2, -0.15) is 0 Å². The van der Waals surface area contributed by atoms with Crippen LogP contribution in [-0.2, 0) is 11.2 Å². The third-order valence-electron chi connectivity index (χ3n) is 4.25. The fourth-order valence-electron chi connectivity index (χ4n) is 3.16. The summed E-state index contributed by atoms with van der Waals surface area (Å²) in [7, 11) is 0. The number of nitrogens with one attached hydrogen (secondary N) is 2. The van der Waals surface area contributed by atoms with Gasteiger partial charge in [-0.1, -0.05) is 27.7 Å². The molecule has 0 aliphatic heterocycles. The van der Waals surface area contributed by atoms with E-state index in [9.17, 15) is 4.79 Å². The highest BCUT2D eigenvalue weighted by Crippen LogP contribution is 2.23. The van der Waals surface area contributed by atoms with Gasteiger partial charge in [0.15, 0.2) is 0 Å². The fourth-order valence-corrected chi connectivity index (χ4v) is 3.16. The smallest absolute Gasteiger partial charge is 0.247 e. The van der Waals surface area contributed by atoms with Crippen LogP contribution in [0.5, 0.6) is 0 Å². The molecule has 0 fully saturated rings. The number of anilines is 1. The van der Waals surface area contributed by atoms with Crippen LogP contribution in [0.2, 0.25) is 0 Å². The Morgan fingerprint density at radius 2 is 1.92 bits per heavy atom. The number of imidazole rings is 1. The van der Waals surface area contributed by atoms with E-state index in [2.05, 4.69) is 43.0 Å². The molecule has 132 valence electrons. The number of benzene rings is 1. The van der Waals surface area contributed by atoms with Crippen molar-refractivity contribution in [1.82, 2.24) is 14.5 Å². The first kappa shape index (κ1) is 17.3. The average molecular weight is 338 g/mol. The second-order valence-electron chi connectivity index (χ2n) is 7.32. The summed E-state index contributed by atoms with van der Waals surface area (Å²) in [5.74, 6) is 1.72. The molecule has 3 aromatic rings. The van der Waals surface area contributed by atoms with Crippen molar-refractivity contribution in [2.45, 2.75) is 40.2 Å². The van der Waals surface area contributed by atoms with Crippen LogP contribution in [0.15, 0.2) is 42.7 Å². The molecule has 0 radical (unpaired) electrons. The van der Waals surface area contributed by atoms with Gasteiger partial charge >= 0.3 is 0 Å². The maximum absolute atomic E-state index is 12.8. The fraction of sp³-hybridized carbons (Fsp3) is 0.400. The Morgan fingerprint density at radius 3 is 2.56 bits per heavy atom. The van der Waals surface area contributed by atoms with E-state index in [-0.39, 0.29) is 17.9 Å². The first-order valence-corrected chi connectivity index (χ1v) is 8.86.